The molecule has 0 amide bonds. The number of thiophene rings is 1. The van der Waals surface area contributed by atoms with E-state index in [1.54, 1.807) is 18.4 Å². The first-order chi connectivity index (χ1) is 14.2. The molecule has 0 aliphatic rings. The number of hydrogen-bond acceptors (Lipinski definition) is 3. The van der Waals surface area contributed by atoms with Crippen LogP contribution in [0.1, 0.15) is 29.4 Å². The van der Waals surface area contributed by atoms with Gasteiger partial charge >= 0.3 is 5.69 Å². The van der Waals surface area contributed by atoms with Crippen molar-refractivity contribution in [2.24, 2.45) is 0 Å². The van der Waals surface area contributed by atoms with Gasteiger partial charge in [-0.3, -0.25) is 9.13 Å². The van der Waals surface area contributed by atoms with Crippen LogP contribution in [0.25, 0.3) is 5.69 Å². The fourth-order valence-electron chi connectivity index (χ4n) is 3.72. The zero-order valence-electron chi connectivity index (χ0n) is 16.7. The molecular weight excluding hydrogens is 380 g/mol. The van der Waals surface area contributed by atoms with E-state index in [0.717, 1.165) is 41.2 Å². The number of aromatic nitrogens is 2. The Hall–Kier alpha value is -3.05. The van der Waals surface area contributed by atoms with Crippen LogP contribution in [-0.4, -0.2) is 16.2 Å². The largest absolute Gasteiger partial charge is 0.497 e. The number of methoxy groups -OCH3 is 1. The van der Waals surface area contributed by atoms with Gasteiger partial charge in [-0.25, -0.2) is 4.79 Å². The maximum absolute atomic E-state index is 13.5. The number of nitrogens with zero attached hydrogens (tertiary/aromatic N) is 2. The minimum absolute atomic E-state index is 0.00842. The molecule has 0 aliphatic carbocycles. The Morgan fingerprint density at radius 2 is 1.69 bits per heavy atom. The molecule has 0 radical (unpaired) electrons. The van der Waals surface area contributed by atoms with Crippen molar-refractivity contribution in [2.45, 2.75) is 26.3 Å². The van der Waals surface area contributed by atoms with Crippen molar-refractivity contribution in [1.29, 1.82) is 0 Å². The van der Waals surface area contributed by atoms with Crippen LogP contribution in [0.5, 0.6) is 5.75 Å². The summed E-state index contributed by atoms with van der Waals surface area (Å²) < 4.78 is 9.04. The highest BCUT2D eigenvalue weighted by Crippen LogP contribution is 2.21. The molecule has 5 heteroatoms. The Morgan fingerprint density at radius 3 is 2.31 bits per heavy atom. The van der Waals surface area contributed by atoms with Crippen molar-refractivity contribution in [1.82, 2.24) is 9.13 Å². The lowest BCUT2D eigenvalue weighted by Gasteiger charge is -2.09. The predicted molar refractivity (Wildman–Crippen MR) is 119 cm³/mol. The van der Waals surface area contributed by atoms with Gasteiger partial charge in [0.25, 0.3) is 0 Å². The van der Waals surface area contributed by atoms with Crippen LogP contribution in [0.2, 0.25) is 0 Å². The quantitative estimate of drug-likeness (QED) is 0.439. The van der Waals surface area contributed by atoms with Crippen LogP contribution in [0, 0.1) is 0 Å². The van der Waals surface area contributed by atoms with E-state index in [4.69, 9.17) is 4.74 Å². The molecule has 0 saturated carbocycles. The lowest BCUT2D eigenvalue weighted by molar-refractivity contribution is 0.414. The van der Waals surface area contributed by atoms with Crippen LogP contribution in [0.3, 0.4) is 0 Å². The van der Waals surface area contributed by atoms with Crippen LogP contribution in [0.15, 0.2) is 76.2 Å². The summed E-state index contributed by atoms with van der Waals surface area (Å²) in [6, 6.07) is 20.0. The van der Waals surface area contributed by atoms with Gasteiger partial charge in [-0.1, -0.05) is 37.3 Å². The molecule has 0 unspecified atom stereocenters. The third-order valence-electron chi connectivity index (χ3n) is 5.15. The van der Waals surface area contributed by atoms with Crippen molar-refractivity contribution in [3.8, 4) is 11.4 Å². The molecule has 4 rings (SSSR count). The third kappa shape index (κ3) is 3.91. The minimum Gasteiger partial charge on any atom is -0.497 e. The van der Waals surface area contributed by atoms with E-state index in [1.165, 1.54) is 5.56 Å². The van der Waals surface area contributed by atoms with Gasteiger partial charge in [0.2, 0.25) is 0 Å². The van der Waals surface area contributed by atoms with E-state index in [2.05, 4.69) is 23.8 Å². The summed E-state index contributed by atoms with van der Waals surface area (Å²) >= 11 is 1.69. The Kier molecular flexibility index (Phi) is 5.67. The normalized spacial score (nSPS) is 11.0. The van der Waals surface area contributed by atoms with E-state index >= 15 is 0 Å². The van der Waals surface area contributed by atoms with Crippen molar-refractivity contribution < 1.29 is 4.74 Å². The molecule has 0 atom stereocenters. The average molecular weight is 405 g/mol. The fourth-order valence-corrected chi connectivity index (χ4v) is 4.39. The van der Waals surface area contributed by atoms with E-state index in [1.807, 2.05) is 63.7 Å². The smallest absolute Gasteiger partial charge is 0.333 e. The molecule has 148 valence electrons. The standard InChI is InChI=1S/C24H24N2O2S/c1-3-22-23(15-19-13-14-29-17-19)26(20-7-5-4-6-8-20)24(27)25(22)16-18-9-11-21(28-2)12-10-18/h4-14,17H,3,15-16H2,1-2H3. The van der Waals surface area contributed by atoms with Gasteiger partial charge in [0.15, 0.2) is 0 Å². The zero-order chi connectivity index (χ0) is 20.2. The second kappa shape index (κ2) is 8.53. The minimum atomic E-state index is 0.00842. The number of ether oxygens (including phenoxy) is 1. The van der Waals surface area contributed by atoms with Gasteiger partial charge in [0, 0.05) is 12.1 Å². The summed E-state index contributed by atoms with van der Waals surface area (Å²) in [5, 5.41) is 4.24. The number of hydrogen-bond donors (Lipinski definition) is 0. The molecule has 2 aromatic carbocycles. The summed E-state index contributed by atoms with van der Waals surface area (Å²) in [6.07, 6.45) is 1.54. The maximum Gasteiger partial charge on any atom is 0.333 e. The number of imidazole rings is 1. The van der Waals surface area contributed by atoms with E-state index < -0.39 is 0 Å². The fraction of sp³-hybridized carbons (Fsp3) is 0.208. The maximum atomic E-state index is 13.5. The van der Waals surface area contributed by atoms with Crippen LogP contribution >= 0.6 is 11.3 Å². The van der Waals surface area contributed by atoms with Crippen LogP contribution in [0.4, 0.5) is 0 Å². The van der Waals surface area contributed by atoms with Crippen LogP contribution < -0.4 is 10.4 Å². The van der Waals surface area contributed by atoms with Crippen molar-refractivity contribution in [3.05, 3.63) is 104 Å². The molecule has 0 aliphatic heterocycles. The SMILES string of the molecule is CCc1c(Cc2ccsc2)n(-c2ccccc2)c(=O)n1Cc1ccc(OC)cc1. The lowest BCUT2D eigenvalue weighted by atomic mass is 10.1. The molecule has 4 aromatic rings. The van der Waals surface area contributed by atoms with Gasteiger partial charge in [-0.2, -0.15) is 11.3 Å². The highest BCUT2D eigenvalue weighted by molar-refractivity contribution is 7.07. The Labute approximate surface area is 174 Å². The molecule has 2 aromatic heterocycles. The zero-order valence-corrected chi connectivity index (χ0v) is 17.5. The summed E-state index contributed by atoms with van der Waals surface area (Å²) in [7, 11) is 1.66. The number of rotatable bonds is 7. The second-order valence-corrected chi connectivity index (χ2v) is 7.72. The molecule has 0 spiro atoms. The molecule has 0 bridgehead atoms. The van der Waals surface area contributed by atoms with Crippen molar-refractivity contribution >= 4 is 11.3 Å². The van der Waals surface area contributed by atoms with Crippen molar-refractivity contribution in [3.63, 3.8) is 0 Å². The summed E-state index contributed by atoms with van der Waals surface area (Å²) in [4.78, 5) is 13.5. The van der Waals surface area contributed by atoms with Gasteiger partial charge < -0.3 is 4.74 Å². The lowest BCUT2D eigenvalue weighted by Crippen LogP contribution is -2.25. The predicted octanol–water partition coefficient (Wildman–Crippen LogP) is 4.91. The Bertz CT molecular complexity index is 1120. The highest BCUT2D eigenvalue weighted by Gasteiger charge is 2.20. The number of benzene rings is 2. The third-order valence-corrected chi connectivity index (χ3v) is 5.88. The monoisotopic (exact) mass is 404 g/mol. The van der Waals surface area contributed by atoms with Gasteiger partial charge in [0.1, 0.15) is 5.75 Å². The summed E-state index contributed by atoms with van der Waals surface area (Å²) in [5.74, 6) is 0.816. The van der Waals surface area contributed by atoms with Crippen LogP contribution in [-0.2, 0) is 19.4 Å². The Morgan fingerprint density at radius 1 is 0.931 bits per heavy atom. The second-order valence-electron chi connectivity index (χ2n) is 6.94. The van der Waals surface area contributed by atoms with E-state index in [9.17, 15) is 4.79 Å². The molecule has 0 fully saturated rings. The average Bonchev–Trinajstić information content (AvgIpc) is 3.36. The number of para-hydroxylation sites is 1. The molecule has 29 heavy (non-hydrogen) atoms. The van der Waals surface area contributed by atoms with Gasteiger partial charge in [-0.05, 0) is 58.6 Å². The first kappa shape index (κ1) is 19.3. The molecule has 0 N–H and O–H groups in total. The summed E-state index contributed by atoms with van der Waals surface area (Å²) in [5.41, 5.74) is 5.38. The topological polar surface area (TPSA) is 36.2 Å². The molecular formula is C24H24N2O2S. The van der Waals surface area contributed by atoms with E-state index in [-0.39, 0.29) is 5.69 Å². The summed E-state index contributed by atoms with van der Waals surface area (Å²) in [6.45, 7) is 2.66. The van der Waals surface area contributed by atoms with Gasteiger partial charge in [0.05, 0.1) is 25.0 Å². The first-order valence-corrected chi connectivity index (χ1v) is 10.7. The highest BCUT2D eigenvalue weighted by atomic mass is 32.1. The molecule has 2 heterocycles. The van der Waals surface area contributed by atoms with Crippen molar-refractivity contribution in [2.75, 3.05) is 7.11 Å². The Balaban J connectivity index is 1.84. The molecule has 0 saturated heterocycles. The van der Waals surface area contributed by atoms with Gasteiger partial charge in [-0.15, -0.1) is 0 Å². The van der Waals surface area contributed by atoms with E-state index in [0.29, 0.717) is 6.54 Å². The molecule has 4 nitrogen and oxygen atoms in total. The first-order valence-electron chi connectivity index (χ1n) is 9.74.